The summed E-state index contributed by atoms with van der Waals surface area (Å²) in [7, 11) is -3.53. The summed E-state index contributed by atoms with van der Waals surface area (Å²) in [6.45, 7) is 2.28. The van der Waals surface area contributed by atoms with Gasteiger partial charge in [-0.3, -0.25) is 0 Å². The van der Waals surface area contributed by atoms with Crippen LogP contribution in [0, 0.1) is 0 Å². The molecular weight excluding hydrogens is 635 g/mol. The van der Waals surface area contributed by atoms with Gasteiger partial charge in [-0.2, -0.15) is 9.05 Å². The molecule has 0 bridgehead atoms. The molecule has 0 spiro atoms. The molecule has 6 rings (SSSR count). The second kappa shape index (κ2) is 17.7. The average Bonchev–Trinajstić information content (AvgIpc) is 3.12. The van der Waals surface area contributed by atoms with Gasteiger partial charge in [0.1, 0.15) is 35.8 Å². The van der Waals surface area contributed by atoms with Crippen LogP contribution >= 0.6 is 18.5 Å². The molecule has 2 saturated heterocycles. The van der Waals surface area contributed by atoms with E-state index in [2.05, 4.69) is 0 Å². The number of rotatable bonds is 15. The summed E-state index contributed by atoms with van der Waals surface area (Å²) in [5.74, 6) is 0. The van der Waals surface area contributed by atoms with Crippen LogP contribution in [-0.4, -0.2) is 49.7 Å². The van der Waals surface area contributed by atoms with E-state index in [1.165, 1.54) is 0 Å². The first kappa shape index (κ1) is 34.2. The highest BCUT2D eigenvalue weighted by atomic mass is 32.7. The fourth-order valence-electron chi connectivity index (χ4n) is 5.47. The smallest absolute Gasteiger partial charge is 0.301 e. The quantitative estimate of drug-likeness (QED) is 0.125. The van der Waals surface area contributed by atoms with Gasteiger partial charge in [0.2, 0.25) is 0 Å². The van der Waals surface area contributed by atoms with Crippen LogP contribution in [0.4, 0.5) is 0 Å². The lowest BCUT2D eigenvalue weighted by molar-refractivity contribution is -0.255. The van der Waals surface area contributed by atoms with E-state index in [1.54, 1.807) is 0 Å². The first-order valence-electron chi connectivity index (χ1n) is 16.0. The van der Waals surface area contributed by atoms with E-state index in [1.807, 2.05) is 121 Å². The maximum Gasteiger partial charge on any atom is 0.301 e. The van der Waals surface area contributed by atoms with Gasteiger partial charge < -0.3 is 28.6 Å². The van der Waals surface area contributed by atoms with Crippen LogP contribution in [0.2, 0.25) is 0 Å². The largest absolute Gasteiger partial charge is 0.622 e. The molecule has 0 amide bonds. The minimum Gasteiger partial charge on any atom is -0.622 e. The van der Waals surface area contributed by atoms with Crippen LogP contribution in [0.3, 0.4) is 0 Å². The van der Waals surface area contributed by atoms with E-state index >= 15 is 0 Å². The molecule has 5 atom stereocenters. The van der Waals surface area contributed by atoms with E-state index in [0.29, 0.717) is 46.1 Å². The second-order valence-corrected chi connectivity index (χ2v) is 15.5. The summed E-state index contributed by atoms with van der Waals surface area (Å²) in [4.78, 5) is 13.8. The third-order valence-electron chi connectivity index (χ3n) is 7.86. The first-order chi connectivity index (χ1) is 23.2. The van der Waals surface area contributed by atoms with Crippen molar-refractivity contribution in [2.75, 3.05) is 19.8 Å². The zero-order valence-corrected chi connectivity index (χ0v) is 27.9. The van der Waals surface area contributed by atoms with Crippen molar-refractivity contribution in [3.8, 4) is 0 Å². The van der Waals surface area contributed by atoms with E-state index in [0.717, 1.165) is 33.6 Å². The predicted octanol–water partition coefficient (Wildman–Crippen LogP) is 6.89. The molecule has 0 radical (unpaired) electrons. The molecule has 2 fully saturated rings. The third kappa shape index (κ3) is 10.2. The van der Waals surface area contributed by atoms with Crippen LogP contribution in [0.15, 0.2) is 121 Å². The lowest BCUT2D eigenvalue weighted by Crippen LogP contribution is -2.60. The average molecular weight is 677 g/mol. The molecule has 10 heteroatoms. The molecule has 0 aliphatic carbocycles. The molecule has 0 N–H and O–H groups in total. The highest BCUT2D eigenvalue weighted by Gasteiger charge is 2.53. The lowest BCUT2D eigenvalue weighted by atomic mass is 9.98. The zero-order valence-electron chi connectivity index (χ0n) is 26.2. The molecule has 47 heavy (non-hydrogen) atoms. The van der Waals surface area contributed by atoms with Crippen LogP contribution in [-0.2, 0) is 59.2 Å². The number of ether oxygens (including phenoxy) is 5. The fourth-order valence-corrected chi connectivity index (χ4v) is 9.26. The van der Waals surface area contributed by atoms with Crippen molar-refractivity contribution in [1.82, 2.24) is 0 Å². The molecular formula is C37H41O8PS. The highest BCUT2D eigenvalue weighted by molar-refractivity contribution is 8.57. The lowest BCUT2D eigenvalue weighted by Gasteiger charge is -2.46. The molecule has 8 nitrogen and oxygen atoms in total. The van der Waals surface area contributed by atoms with Gasteiger partial charge in [-0.05, 0) is 22.3 Å². The van der Waals surface area contributed by atoms with Crippen LogP contribution < -0.4 is 4.89 Å². The maximum atomic E-state index is 13.8. The number of hydrogen-bond acceptors (Lipinski definition) is 9. The van der Waals surface area contributed by atoms with Crippen molar-refractivity contribution in [2.24, 2.45) is 0 Å². The fraction of sp³-hybridized carbons (Fsp3) is 0.351. The summed E-state index contributed by atoms with van der Waals surface area (Å²) < 4.78 is 44.5. The van der Waals surface area contributed by atoms with Crippen molar-refractivity contribution < 1.29 is 37.6 Å². The third-order valence-corrected chi connectivity index (χ3v) is 11.7. The highest BCUT2D eigenvalue weighted by Crippen LogP contribution is 2.68. The SMILES string of the molecule is [O-][P+]1(S[C@H]2O[C@H](COCc3ccccc3)[C@H](OCc3ccccc3)[C@H](OCc3ccccc3)[C@H]2OCc2ccccc2)OCCCO1. The summed E-state index contributed by atoms with van der Waals surface area (Å²) >= 11 is 1.04. The Morgan fingerprint density at radius 1 is 0.574 bits per heavy atom. The molecule has 0 aromatic heterocycles. The number of benzene rings is 4. The Balaban J connectivity index is 1.31. The summed E-state index contributed by atoms with van der Waals surface area (Å²) in [6.07, 6.45) is -1.78. The Bertz CT molecular complexity index is 1450. The van der Waals surface area contributed by atoms with Crippen LogP contribution in [0.1, 0.15) is 28.7 Å². The monoisotopic (exact) mass is 676 g/mol. The molecule has 2 heterocycles. The molecule has 0 unspecified atom stereocenters. The Morgan fingerprint density at radius 2 is 1.00 bits per heavy atom. The Labute approximate surface area is 281 Å². The summed E-state index contributed by atoms with van der Waals surface area (Å²) in [6, 6.07) is 39.9. The molecule has 4 aromatic carbocycles. The standard InChI is InChI=1S/C37H41O8PS/c38-46(43-22-13-23-44-46)47-37-36(42-27-32-20-11-4-12-21-32)35(41-26-31-18-9-3-10-19-31)34(40-25-30-16-7-2-8-17-30)33(45-37)28-39-24-29-14-5-1-6-15-29/h1-12,14-21,33-37H,13,22-28H2/t33-,34+,35+,36-,37-/m1/s1. The Morgan fingerprint density at radius 3 is 1.49 bits per heavy atom. The van der Waals surface area contributed by atoms with E-state index in [9.17, 15) is 4.89 Å². The predicted molar refractivity (Wildman–Crippen MR) is 181 cm³/mol. The van der Waals surface area contributed by atoms with Crippen molar-refractivity contribution >= 4 is 18.5 Å². The van der Waals surface area contributed by atoms with Crippen molar-refractivity contribution in [2.45, 2.75) is 62.7 Å². The van der Waals surface area contributed by atoms with Crippen molar-refractivity contribution in [3.63, 3.8) is 0 Å². The topological polar surface area (TPSA) is 87.7 Å². The maximum absolute atomic E-state index is 13.8. The van der Waals surface area contributed by atoms with Gasteiger partial charge in [0.15, 0.2) is 5.44 Å². The van der Waals surface area contributed by atoms with E-state index in [-0.39, 0.29) is 6.61 Å². The van der Waals surface area contributed by atoms with Crippen molar-refractivity contribution in [1.29, 1.82) is 0 Å². The van der Waals surface area contributed by atoms with Crippen molar-refractivity contribution in [3.05, 3.63) is 144 Å². The molecule has 0 saturated carbocycles. The summed E-state index contributed by atoms with van der Waals surface area (Å²) in [5.41, 5.74) is 3.31. The molecule has 2 aliphatic heterocycles. The second-order valence-electron chi connectivity index (χ2n) is 11.4. The van der Waals surface area contributed by atoms with E-state index < -0.39 is 37.0 Å². The minimum absolute atomic E-state index is 0.216. The van der Waals surface area contributed by atoms with Crippen LogP contribution in [0.5, 0.6) is 0 Å². The molecule has 4 aromatic rings. The number of hydrogen-bond donors (Lipinski definition) is 0. The van der Waals surface area contributed by atoms with Gasteiger partial charge >= 0.3 is 7.15 Å². The Kier molecular flexibility index (Phi) is 12.9. The van der Waals surface area contributed by atoms with E-state index in [4.69, 9.17) is 32.7 Å². The van der Waals surface area contributed by atoms with Gasteiger partial charge in [-0.15, -0.1) is 0 Å². The summed E-state index contributed by atoms with van der Waals surface area (Å²) in [5, 5.41) is 0. The van der Waals surface area contributed by atoms with Gasteiger partial charge in [-0.1, -0.05) is 121 Å². The zero-order chi connectivity index (χ0) is 32.2. The minimum atomic E-state index is -3.53. The van der Waals surface area contributed by atoms with Gasteiger partial charge in [0, 0.05) is 6.42 Å². The normalized spacial score (nSPS) is 24.1. The van der Waals surface area contributed by atoms with Gasteiger partial charge in [-0.25, -0.2) is 0 Å². The Hall–Kier alpha value is -2.66. The van der Waals surface area contributed by atoms with Crippen LogP contribution in [0.25, 0.3) is 0 Å². The first-order valence-corrected chi connectivity index (χ1v) is 19.0. The molecule has 2 aliphatic rings. The van der Waals surface area contributed by atoms with Gasteiger partial charge in [0.25, 0.3) is 0 Å². The molecule has 248 valence electrons. The van der Waals surface area contributed by atoms with Gasteiger partial charge in [0.05, 0.1) is 46.2 Å².